The molecule has 13 heavy (non-hydrogen) atoms. The lowest BCUT2D eigenvalue weighted by atomic mass is 10.1. The molecule has 0 aliphatic heterocycles. The van der Waals surface area contributed by atoms with Crippen LogP contribution in [0, 0.1) is 17.2 Å². The molecule has 1 aliphatic carbocycles. The van der Waals surface area contributed by atoms with Crippen molar-refractivity contribution in [2.75, 3.05) is 6.54 Å². The maximum atomic E-state index is 8.71. The van der Waals surface area contributed by atoms with E-state index in [-0.39, 0.29) is 0 Å². The predicted octanol–water partition coefficient (Wildman–Crippen LogP) is 1.62. The van der Waals surface area contributed by atoms with Crippen molar-refractivity contribution in [2.45, 2.75) is 12.3 Å². The number of hydrogen-bond acceptors (Lipinski definition) is 2. The molecule has 1 fully saturated rings. The number of nitrogens with two attached hydrogens (primary N) is 1. The molecule has 0 saturated heterocycles. The van der Waals surface area contributed by atoms with E-state index in [1.165, 1.54) is 12.0 Å². The Morgan fingerprint density at radius 1 is 1.54 bits per heavy atom. The minimum atomic E-state index is 0.610. The molecule has 0 radical (unpaired) electrons. The minimum absolute atomic E-state index is 0.610. The second-order valence-corrected chi connectivity index (χ2v) is 3.58. The van der Waals surface area contributed by atoms with E-state index in [4.69, 9.17) is 11.0 Å². The van der Waals surface area contributed by atoms with Gasteiger partial charge in [-0.15, -0.1) is 0 Å². The summed E-state index contributed by atoms with van der Waals surface area (Å²) in [4.78, 5) is 0. The molecule has 2 heteroatoms. The van der Waals surface area contributed by atoms with Crippen molar-refractivity contribution in [3.8, 4) is 6.07 Å². The fraction of sp³-hybridized carbons (Fsp3) is 0.364. The van der Waals surface area contributed by atoms with Crippen molar-refractivity contribution in [2.24, 2.45) is 11.7 Å². The highest BCUT2D eigenvalue weighted by Crippen LogP contribution is 2.46. The van der Waals surface area contributed by atoms with Crippen LogP contribution in [-0.4, -0.2) is 6.54 Å². The van der Waals surface area contributed by atoms with Crippen LogP contribution in [0.25, 0.3) is 0 Å². The van der Waals surface area contributed by atoms with Crippen molar-refractivity contribution in [3.63, 3.8) is 0 Å². The van der Waals surface area contributed by atoms with Crippen LogP contribution in [0.15, 0.2) is 24.3 Å². The Labute approximate surface area is 78.0 Å². The van der Waals surface area contributed by atoms with Gasteiger partial charge in [0.1, 0.15) is 0 Å². The molecule has 0 bridgehead atoms. The highest BCUT2D eigenvalue weighted by Gasteiger charge is 2.36. The maximum Gasteiger partial charge on any atom is 0.0991 e. The summed E-state index contributed by atoms with van der Waals surface area (Å²) in [5.41, 5.74) is 7.59. The van der Waals surface area contributed by atoms with Crippen molar-refractivity contribution < 1.29 is 0 Å². The van der Waals surface area contributed by atoms with Gasteiger partial charge in [-0.1, -0.05) is 12.1 Å². The summed E-state index contributed by atoms with van der Waals surface area (Å²) >= 11 is 0. The molecule has 0 amide bonds. The summed E-state index contributed by atoms with van der Waals surface area (Å²) in [7, 11) is 0. The van der Waals surface area contributed by atoms with Crippen molar-refractivity contribution in [1.82, 2.24) is 0 Å². The molecule has 1 aliphatic rings. The van der Waals surface area contributed by atoms with Gasteiger partial charge in [0.05, 0.1) is 11.6 Å². The lowest BCUT2D eigenvalue weighted by Gasteiger charge is -1.98. The van der Waals surface area contributed by atoms with Gasteiger partial charge >= 0.3 is 0 Å². The van der Waals surface area contributed by atoms with Gasteiger partial charge in [0.25, 0.3) is 0 Å². The Balaban J connectivity index is 2.19. The zero-order valence-corrected chi connectivity index (χ0v) is 7.40. The van der Waals surface area contributed by atoms with Gasteiger partial charge in [0.2, 0.25) is 0 Å². The van der Waals surface area contributed by atoms with Crippen LogP contribution in [0.3, 0.4) is 0 Å². The molecule has 2 N–H and O–H groups in total. The summed E-state index contributed by atoms with van der Waals surface area (Å²) in [5, 5.41) is 8.71. The van der Waals surface area contributed by atoms with Gasteiger partial charge in [-0.3, -0.25) is 0 Å². The second kappa shape index (κ2) is 3.20. The normalized spacial score (nSPS) is 25.2. The molecular formula is C11H12N2. The summed E-state index contributed by atoms with van der Waals surface area (Å²) < 4.78 is 0. The second-order valence-electron chi connectivity index (χ2n) is 3.58. The number of nitrogens with zero attached hydrogens (tertiary/aromatic N) is 1. The van der Waals surface area contributed by atoms with Gasteiger partial charge in [0, 0.05) is 0 Å². The highest BCUT2D eigenvalue weighted by molar-refractivity contribution is 5.36. The Hall–Kier alpha value is -1.33. The predicted molar refractivity (Wildman–Crippen MR) is 51.1 cm³/mol. The molecule has 66 valence electrons. The van der Waals surface area contributed by atoms with Gasteiger partial charge in [-0.25, -0.2) is 0 Å². The van der Waals surface area contributed by atoms with Crippen LogP contribution in [0.5, 0.6) is 0 Å². The van der Waals surface area contributed by atoms with Gasteiger partial charge in [-0.2, -0.15) is 5.26 Å². The Morgan fingerprint density at radius 3 is 3.00 bits per heavy atom. The Morgan fingerprint density at radius 2 is 2.38 bits per heavy atom. The van der Waals surface area contributed by atoms with Gasteiger partial charge in [-0.05, 0) is 42.5 Å². The summed E-state index contributed by atoms with van der Waals surface area (Å²) in [6.45, 7) is 0.765. The minimum Gasteiger partial charge on any atom is -0.330 e. The SMILES string of the molecule is N#Cc1cccc([C@@H]2C[C@H]2CN)c1. The first-order valence-electron chi connectivity index (χ1n) is 4.55. The maximum absolute atomic E-state index is 8.71. The van der Waals surface area contributed by atoms with Crippen LogP contribution in [0.2, 0.25) is 0 Å². The largest absolute Gasteiger partial charge is 0.330 e. The molecule has 0 aromatic heterocycles. The standard InChI is InChI=1S/C11H12N2/c12-6-8-2-1-3-9(4-8)11-5-10(11)7-13/h1-4,10-11H,5,7,13H2/t10-,11-/m0/s1. The van der Waals surface area contributed by atoms with E-state index in [0.29, 0.717) is 11.8 Å². The molecule has 1 aromatic carbocycles. The topological polar surface area (TPSA) is 49.8 Å². The van der Waals surface area contributed by atoms with E-state index in [1.54, 1.807) is 0 Å². The smallest absolute Gasteiger partial charge is 0.0991 e. The van der Waals surface area contributed by atoms with Crippen LogP contribution >= 0.6 is 0 Å². The fourth-order valence-corrected chi connectivity index (χ4v) is 1.76. The van der Waals surface area contributed by atoms with Crippen molar-refractivity contribution in [3.05, 3.63) is 35.4 Å². The average Bonchev–Trinajstić information content (AvgIpc) is 2.97. The van der Waals surface area contributed by atoms with E-state index >= 15 is 0 Å². The van der Waals surface area contributed by atoms with E-state index in [9.17, 15) is 0 Å². The van der Waals surface area contributed by atoms with Crippen LogP contribution < -0.4 is 5.73 Å². The van der Waals surface area contributed by atoms with Gasteiger partial charge in [0.15, 0.2) is 0 Å². The number of nitriles is 1. The van der Waals surface area contributed by atoms with E-state index < -0.39 is 0 Å². The monoisotopic (exact) mass is 172 g/mol. The summed E-state index contributed by atoms with van der Waals surface area (Å²) in [5.74, 6) is 1.26. The van der Waals surface area contributed by atoms with Crippen LogP contribution in [-0.2, 0) is 0 Å². The Bertz CT molecular complexity index is 351. The van der Waals surface area contributed by atoms with E-state index in [1.807, 2.05) is 18.2 Å². The van der Waals surface area contributed by atoms with Crippen LogP contribution in [0.4, 0.5) is 0 Å². The number of hydrogen-bond donors (Lipinski definition) is 1. The van der Waals surface area contributed by atoms with Crippen LogP contribution in [0.1, 0.15) is 23.5 Å². The summed E-state index contributed by atoms with van der Waals surface area (Å²) in [6, 6.07) is 9.99. The lowest BCUT2D eigenvalue weighted by Crippen LogP contribution is -2.01. The molecule has 0 heterocycles. The Kier molecular flexibility index (Phi) is 2.03. The first-order valence-corrected chi connectivity index (χ1v) is 4.55. The molecule has 0 unspecified atom stereocenters. The van der Waals surface area contributed by atoms with Crippen molar-refractivity contribution in [1.29, 1.82) is 5.26 Å². The fourth-order valence-electron chi connectivity index (χ4n) is 1.76. The molecule has 2 rings (SSSR count). The molecule has 0 spiro atoms. The third-order valence-corrected chi connectivity index (χ3v) is 2.67. The van der Waals surface area contributed by atoms with E-state index in [0.717, 1.165) is 12.1 Å². The zero-order chi connectivity index (χ0) is 9.26. The lowest BCUT2D eigenvalue weighted by molar-refractivity contribution is 0.809. The highest BCUT2D eigenvalue weighted by atomic mass is 14.6. The number of benzene rings is 1. The molecule has 2 atom stereocenters. The van der Waals surface area contributed by atoms with E-state index in [2.05, 4.69) is 12.1 Å². The van der Waals surface area contributed by atoms with Crippen molar-refractivity contribution >= 4 is 0 Å². The average molecular weight is 172 g/mol. The van der Waals surface area contributed by atoms with Gasteiger partial charge < -0.3 is 5.73 Å². The number of rotatable bonds is 2. The summed E-state index contributed by atoms with van der Waals surface area (Å²) in [6.07, 6.45) is 1.19. The molecule has 2 nitrogen and oxygen atoms in total. The molecule has 1 saturated carbocycles. The molecule has 1 aromatic rings. The third kappa shape index (κ3) is 1.56. The third-order valence-electron chi connectivity index (χ3n) is 2.67. The quantitative estimate of drug-likeness (QED) is 0.737. The zero-order valence-electron chi connectivity index (χ0n) is 7.40. The first-order chi connectivity index (χ1) is 6.35. The molecular weight excluding hydrogens is 160 g/mol. The first kappa shape index (κ1) is 8.28.